The van der Waals surface area contributed by atoms with Crippen molar-refractivity contribution in [1.82, 2.24) is 19.3 Å². The number of ether oxygens (including phenoxy) is 1. The number of benzene rings is 1. The van der Waals surface area contributed by atoms with Crippen LogP contribution in [0.15, 0.2) is 33.7 Å². The molecule has 1 aliphatic rings. The van der Waals surface area contributed by atoms with E-state index in [1.165, 1.54) is 4.31 Å². The maximum absolute atomic E-state index is 12.8. The molecule has 30 heavy (non-hydrogen) atoms. The highest BCUT2D eigenvalue weighted by Crippen LogP contribution is 2.27. The molecule has 1 fully saturated rings. The molecular weight excluding hydrogens is 425 g/mol. The quantitative estimate of drug-likeness (QED) is 0.643. The van der Waals surface area contributed by atoms with Crippen LogP contribution in [0.3, 0.4) is 0 Å². The third kappa shape index (κ3) is 5.29. The van der Waals surface area contributed by atoms with Gasteiger partial charge in [0.1, 0.15) is 5.75 Å². The molecule has 1 unspecified atom stereocenters. The van der Waals surface area contributed by atoms with E-state index in [2.05, 4.69) is 19.8 Å². The lowest BCUT2D eigenvalue weighted by Gasteiger charge is -2.36. The molecule has 1 aromatic heterocycles. The van der Waals surface area contributed by atoms with Crippen molar-refractivity contribution in [3.63, 3.8) is 0 Å². The number of hydrogen-bond donors (Lipinski definition) is 0. The van der Waals surface area contributed by atoms with Gasteiger partial charge >= 0.3 is 6.36 Å². The minimum absolute atomic E-state index is 0.0837. The second-order valence-corrected chi connectivity index (χ2v) is 8.87. The van der Waals surface area contributed by atoms with E-state index in [1.807, 2.05) is 13.8 Å². The first kappa shape index (κ1) is 22.5. The highest BCUT2D eigenvalue weighted by atomic mass is 32.2. The topological polar surface area (TPSA) is 88.8 Å². The molecule has 0 spiro atoms. The van der Waals surface area contributed by atoms with Gasteiger partial charge in [-0.25, -0.2) is 8.42 Å². The maximum Gasteiger partial charge on any atom is 0.573 e. The van der Waals surface area contributed by atoms with Crippen LogP contribution in [0, 0.1) is 0 Å². The van der Waals surface area contributed by atoms with Crippen molar-refractivity contribution in [2.75, 3.05) is 26.2 Å². The second-order valence-electron chi connectivity index (χ2n) is 6.93. The number of piperazine rings is 1. The van der Waals surface area contributed by atoms with E-state index in [0.29, 0.717) is 24.8 Å². The summed E-state index contributed by atoms with van der Waals surface area (Å²) >= 11 is 0. The van der Waals surface area contributed by atoms with Crippen LogP contribution in [-0.2, 0) is 16.4 Å². The normalized spacial score (nSPS) is 17.8. The minimum atomic E-state index is -4.83. The molecule has 8 nitrogen and oxygen atoms in total. The fourth-order valence-electron chi connectivity index (χ4n) is 3.21. The second kappa shape index (κ2) is 8.90. The van der Waals surface area contributed by atoms with Crippen molar-refractivity contribution in [3.8, 4) is 5.75 Å². The van der Waals surface area contributed by atoms with E-state index in [0.717, 1.165) is 37.1 Å². The lowest BCUT2D eigenvalue weighted by molar-refractivity contribution is -0.274. The first-order chi connectivity index (χ1) is 14.1. The Morgan fingerprint density at radius 2 is 1.80 bits per heavy atom. The van der Waals surface area contributed by atoms with Gasteiger partial charge in [-0.1, -0.05) is 12.1 Å². The van der Waals surface area contributed by atoms with Gasteiger partial charge in [-0.2, -0.15) is 9.29 Å². The molecule has 0 saturated carbocycles. The van der Waals surface area contributed by atoms with Crippen LogP contribution in [0.25, 0.3) is 0 Å². The molecule has 166 valence electrons. The first-order valence-corrected chi connectivity index (χ1v) is 11.0. The summed E-state index contributed by atoms with van der Waals surface area (Å²) in [5.41, 5.74) is 0. The summed E-state index contributed by atoms with van der Waals surface area (Å²) in [5.74, 6) is 0.676. The van der Waals surface area contributed by atoms with E-state index in [9.17, 15) is 21.6 Å². The zero-order chi connectivity index (χ0) is 21.9. The van der Waals surface area contributed by atoms with E-state index in [4.69, 9.17) is 4.52 Å². The van der Waals surface area contributed by atoms with Crippen molar-refractivity contribution >= 4 is 10.0 Å². The van der Waals surface area contributed by atoms with Crippen LogP contribution in [0.4, 0.5) is 13.2 Å². The average Bonchev–Trinajstić information content (AvgIpc) is 3.16. The molecule has 0 bridgehead atoms. The molecule has 12 heteroatoms. The van der Waals surface area contributed by atoms with Crippen LogP contribution in [-0.4, -0.2) is 60.3 Å². The third-order valence-electron chi connectivity index (χ3n) is 4.83. The van der Waals surface area contributed by atoms with Crippen LogP contribution in [0.5, 0.6) is 5.75 Å². The van der Waals surface area contributed by atoms with Crippen molar-refractivity contribution < 1.29 is 30.8 Å². The summed E-state index contributed by atoms with van der Waals surface area (Å²) in [6.45, 7) is 5.35. The molecule has 1 saturated heterocycles. The predicted molar refractivity (Wildman–Crippen MR) is 100 cm³/mol. The number of halogens is 3. The van der Waals surface area contributed by atoms with Gasteiger partial charge in [0.25, 0.3) is 0 Å². The molecule has 0 radical (unpaired) electrons. The van der Waals surface area contributed by atoms with Crippen LogP contribution < -0.4 is 4.74 Å². The molecule has 1 atom stereocenters. The number of rotatable bonds is 7. The molecule has 1 aliphatic heterocycles. The van der Waals surface area contributed by atoms with Gasteiger partial charge in [0.15, 0.2) is 5.82 Å². The molecule has 0 amide bonds. The number of nitrogens with zero attached hydrogens (tertiary/aromatic N) is 4. The van der Waals surface area contributed by atoms with Crippen molar-refractivity contribution in [1.29, 1.82) is 0 Å². The zero-order valence-corrected chi connectivity index (χ0v) is 17.4. The number of aryl methyl sites for hydroxylation is 1. The van der Waals surface area contributed by atoms with Gasteiger partial charge in [-0.15, -0.1) is 13.2 Å². The lowest BCUT2D eigenvalue weighted by atomic mass is 10.2. The third-order valence-corrected chi connectivity index (χ3v) is 6.74. The average molecular weight is 448 g/mol. The summed E-state index contributed by atoms with van der Waals surface area (Å²) in [6.07, 6.45) is -3.19. The number of hydrogen-bond acceptors (Lipinski definition) is 7. The fraction of sp³-hybridized carbons (Fsp3) is 0.556. The Labute approximate surface area is 172 Å². The van der Waals surface area contributed by atoms with Gasteiger partial charge in [-0.3, -0.25) is 4.90 Å². The Balaban J connectivity index is 1.61. The molecule has 2 heterocycles. The van der Waals surface area contributed by atoms with Gasteiger partial charge in [-0.05, 0) is 37.6 Å². The van der Waals surface area contributed by atoms with Crippen molar-refractivity contribution in [2.45, 2.75) is 44.0 Å². The van der Waals surface area contributed by atoms with E-state index in [1.54, 1.807) is 0 Å². The molecule has 3 rings (SSSR count). The highest BCUT2D eigenvalue weighted by Gasteiger charge is 2.33. The van der Waals surface area contributed by atoms with E-state index < -0.39 is 22.1 Å². The summed E-state index contributed by atoms with van der Waals surface area (Å²) in [5, 5.41) is 3.95. The number of aromatic nitrogens is 2. The number of sulfonamides is 1. The van der Waals surface area contributed by atoms with Crippen molar-refractivity contribution in [3.05, 3.63) is 36.0 Å². The van der Waals surface area contributed by atoms with Gasteiger partial charge in [0.05, 0.1) is 10.9 Å². The smallest absolute Gasteiger partial charge is 0.406 e. The van der Waals surface area contributed by atoms with Gasteiger partial charge < -0.3 is 9.26 Å². The standard InChI is InChI=1S/C18H23F3N4O4S/c1-3-4-16-22-17(29-23-16)13(2)24-9-11-25(12-10-24)30(26,27)15-7-5-14(6-8-15)28-18(19,20)21/h5-8,13H,3-4,9-12H2,1-2H3. The molecule has 2 aromatic rings. The Morgan fingerprint density at radius 3 is 2.37 bits per heavy atom. The predicted octanol–water partition coefficient (Wildman–Crippen LogP) is 2.99. The lowest BCUT2D eigenvalue weighted by Crippen LogP contribution is -2.49. The molecule has 0 aliphatic carbocycles. The zero-order valence-electron chi connectivity index (χ0n) is 16.6. The summed E-state index contributed by atoms with van der Waals surface area (Å²) in [7, 11) is -3.82. The van der Waals surface area contributed by atoms with Crippen LogP contribution in [0.1, 0.15) is 38.0 Å². The molecule has 1 aromatic carbocycles. The SMILES string of the molecule is CCCc1noc(C(C)N2CCN(S(=O)(=O)c3ccc(OC(F)(F)F)cc3)CC2)n1. The Morgan fingerprint density at radius 1 is 1.17 bits per heavy atom. The monoisotopic (exact) mass is 448 g/mol. The Hall–Kier alpha value is -2.18. The minimum Gasteiger partial charge on any atom is -0.406 e. The Bertz CT molecular complexity index is 939. The molecule has 0 N–H and O–H groups in total. The maximum atomic E-state index is 12.8. The van der Waals surface area contributed by atoms with Gasteiger partial charge in [0.2, 0.25) is 15.9 Å². The summed E-state index contributed by atoms with van der Waals surface area (Å²) < 4.78 is 72.8. The highest BCUT2D eigenvalue weighted by molar-refractivity contribution is 7.89. The van der Waals surface area contributed by atoms with Crippen molar-refractivity contribution in [2.24, 2.45) is 0 Å². The fourth-order valence-corrected chi connectivity index (χ4v) is 4.63. The first-order valence-electron chi connectivity index (χ1n) is 9.52. The largest absolute Gasteiger partial charge is 0.573 e. The molecular formula is C18H23F3N4O4S. The Kier molecular flexibility index (Phi) is 6.68. The van der Waals surface area contributed by atoms with Crippen LogP contribution >= 0.6 is 0 Å². The summed E-state index contributed by atoms with van der Waals surface area (Å²) in [6, 6.07) is 4.05. The van der Waals surface area contributed by atoms with E-state index in [-0.39, 0.29) is 24.0 Å². The van der Waals surface area contributed by atoms with Crippen LogP contribution in [0.2, 0.25) is 0 Å². The van der Waals surface area contributed by atoms with E-state index >= 15 is 0 Å². The van der Waals surface area contributed by atoms with Gasteiger partial charge in [0, 0.05) is 32.6 Å². The summed E-state index contributed by atoms with van der Waals surface area (Å²) in [4.78, 5) is 6.35. The number of alkyl halides is 3.